The summed E-state index contributed by atoms with van der Waals surface area (Å²) in [4.78, 5) is 69.1. The number of hydrogen-bond acceptors (Lipinski definition) is 15. The van der Waals surface area contributed by atoms with E-state index >= 15 is 0 Å². The number of thiazole rings is 1. The molecule has 4 heterocycles. The molecule has 1 unspecified atom stereocenters. The maximum absolute atomic E-state index is 13.3. The monoisotopic (exact) mass is 687 g/mol. The number of oxime groups is 1. The number of rotatable bonds is 11. The molecular formula is C26H27N10O7S3+. The number of hydrogen-bond donors (Lipinski definition) is 6. The predicted octanol–water partition coefficient (Wildman–Crippen LogP) is 0.0712. The minimum atomic E-state index is -1.78. The molecule has 17 nitrogen and oxygen atoms in total. The molecule has 46 heavy (non-hydrogen) atoms. The van der Waals surface area contributed by atoms with Crippen LogP contribution < -0.4 is 27.1 Å². The fraction of sp³-hybridized carbons (Fsp3) is 0.269. The molecule has 2 aliphatic heterocycles. The van der Waals surface area contributed by atoms with E-state index < -0.39 is 46.5 Å². The Morgan fingerprint density at radius 3 is 2.52 bits per heavy atom. The number of nitrogens with zero attached hydrogens (tertiary/aromatic N) is 6. The third-order valence-electron chi connectivity index (χ3n) is 6.65. The predicted molar refractivity (Wildman–Crippen MR) is 169 cm³/mol. The second kappa shape index (κ2) is 12.8. The van der Waals surface area contributed by atoms with Crippen molar-refractivity contribution >= 4 is 81.4 Å². The summed E-state index contributed by atoms with van der Waals surface area (Å²) in [6.45, 7) is 2.47. The number of β-lactam (4-membered cyclic amide) rings is 1. The van der Waals surface area contributed by atoms with Gasteiger partial charge >= 0.3 is 23.8 Å². The normalized spacial score (nSPS) is 18.1. The molecule has 1 saturated heterocycles. The Morgan fingerprint density at radius 2 is 1.89 bits per heavy atom. The number of anilines is 3. The number of carbonyl (C=O) groups excluding carboxylic acids is 2. The van der Waals surface area contributed by atoms with Crippen LogP contribution in [0.2, 0.25) is 0 Å². The molecule has 5 rings (SSSR count). The molecule has 1 aromatic carbocycles. The van der Waals surface area contributed by atoms with E-state index in [1.54, 1.807) is 16.7 Å². The Balaban J connectivity index is 1.36. The maximum atomic E-state index is 13.3. The average Bonchev–Trinajstić information content (AvgIpc) is 3.43. The van der Waals surface area contributed by atoms with Gasteiger partial charge in [0.2, 0.25) is 5.60 Å². The molecule has 240 valence electrons. The number of carboxylic acid groups (broad SMARTS) is 2. The fourth-order valence-corrected chi connectivity index (χ4v) is 7.36. The van der Waals surface area contributed by atoms with Crippen molar-refractivity contribution in [2.45, 2.75) is 36.0 Å². The van der Waals surface area contributed by atoms with Crippen molar-refractivity contribution in [1.29, 1.82) is 0 Å². The summed E-state index contributed by atoms with van der Waals surface area (Å²) in [6, 6.07) is 7.94. The first-order valence-corrected chi connectivity index (χ1v) is 16.1. The van der Waals surface area contributed by atoms with Gasteiger partial charge < -0.3 is 37.6 Å². The van der Waals surface area contributed by atoms with Crippen LogP contribution in [0.5, 0.6) is 0 Å². The number of nitrogen functional groups attached to an aromatic ring is 3. The zero-order chi connectivity index (χ0) is 33.3. The SMILES string of the molecule is CC(C)(O/N=C(\C(=O)NC1C(=O)N2C(C(=O)O)=C(CSc3nc(N)nc(N)[n+]3-c3ccccc3)CS[C@H]12)c1csc(N)n1)C(=O)O. The summed E-state index contributed by atoms with van der Waals surface area (Å²) in [5.41, 5.74) is 16.4. The van der Waals surface area contributed by atoms with Crippen LogP contribution in [0.1, 0.15) is 19.5 Å². The molecular weight excluding hydrogens is 661 g/mol. The molecule has 2 atom stereocenters. The number of benzene rings is 1. The number of carboxylic acids is 2. The fourth-order valence-electron chi connectivity index (χ4n) is 4.31. The van der Waals surface area contributed by atoms with Gasteiger partial charge in [-0.1, -0.05) is 45.1 Å². The van der Waals surface area contributed by atoms with Crippen LogP contribution in [0.4, 0.5) is 17.0 Å². The van der Waals surface area contributed by atoms with E-state index in [9.17, 15) is 29.4 Å². The highest BCUT2D eigenvalue weighted by atomic mass is 32.2. The standard InChI is InChI=1S/C26H26N10O7S3/c1-26(2,21(41)42)43-34-14(13-10-45-24(29)30-13)17(37)31-15-18(38)36-16(20(39)40)11(8-44-19(15)36)9-46-25-33-22(27)32-23(28)35(25)12-6-4-3-5-7-12/h3-7,10,15,19H,8-9H2,1-2H3,(H8,27,28,29,30,31,32,37,39,40,41,42)/p+1/b34-14-/t15?,19-/m1/s1. The van der Waals surface area contributed by atoms with Crippen molar-refractivity contribution in [3.8, 4) is 5.69 Å². The number of amides is 2. The average molecular weight is 688 g/mol. The van der Waals surface area contributed by atoms with Gasteiger partial charge in [-0.15, -0.1) is 23.1 Å². The van der Waals surface area contributed by atoms with E-state index in [-0.39, 0.29) is 39.9 Å². The van der Waals surface area contributed by atoms with Crippen LogP contribution in [0, 0.1) is 0 Å². The number of aliphatic carboxylic acids is 2. The van der Waals surface area contributed by atoms with Crippen LogP contribution in [-0.4, -0.2) is 88.1 Å². The van der Waals surface area contributed by atoms with Crippen LogP contribution >= 0.6 is 34.9 Å². The van der Waals surface area contributed by atoms with Crippen molar-refractivity contribution in [3.05, 3.63) is 52.7 Å². The number of fused-ring (bicyclic) bond motifs is 1. The van der Waals surface area contributed by atoms with Crippen molar-refractivity contribution in [1.82, 2.24) is 25.2 Å². The molecule has 0 saturated carbocycles. The Morgan fingerprint density at radius 1 is 1.17 bits per heavy atom. The first-order chi connectivity index (χ1) is 21.8. The van der Waals surface area contributed by atoms with E-state index in [2.05, 4.69) is 25.4 Å². The quantitative estimate of drug-likeness (QED) is 0.0512. The molecule has 2 aliphatic rings. The Kier molecular flexibility index (Phi) is 9.03. The minimum absolute atomic E-state index is 0.00489. The van der Waals surface area contributed by atoms with E-state index in [1.807, 2.05) is 18.2 Å². The van der Waals surface area contributed by atoms with Crippen LogP contribution in [0.25, 0.3) is 5.69 Å². The summed E-state index contributed by atoms with van der Waals surface area (Å²) in [7, 11) is 0. The molecule has 1 fully saturated rings. The van der Waals surface area contributed by atoms with E-state index in [0.717, 1.165) is 16.2 Å². The highest BCUT2D eigenvalue weighted by molar-refractivity contribution is 8.01. The number of carbonyl (C=O) groups is 4. The zero-order valence-electron chi connectivity index (χ0n) is 24.1. The molecule has 0 spiro atoms. The first kappa shape index (κ1) is 32.4. The smallest absolute Gasteiger partial charge is 0.354 e. The molecule has 2 aromatic heterocycles. The molecule has 0 radical (unpaired) electrons. The third kappa shape index (κ3) is 6.39. The van der Waals surface area contributed by atoms with Crippen LogP contribution in [0.15, 0.2) is 57.3 Å². The van der Waals surface area contributed by atoms with Gasteiger partial charge in [-0.05, 0) is 31.6 Å². The molecule has 3 aromatic rings. The van der Waals surface area contributed by atoms with Gasteiger partial charge in [0.25, 0.3) is 17.0 Å². The third-order valence-corrected chi connectivity index (χ3v) is 9.68. The number of nitrogens with two attached hydrogens (primary N) is 3. The van der Waals surface area contributed by atoms with Gasteiger partial charge in [0.05, 0.1) is 5.69 Å². The van der Waals surface area contributed by atoms with Gasteiger partial charge in [-0.25, -0.2) is 14.6 Å². The van der Waals surface area contributed by atoms with E-state index in [0.29, 0.717) is 16.4 Å². The summed E-state index contributed by atoms with van der Waals surface area (Å²) >= 11 is 3.44. The molecule has 0 bridgehead atoms. The Hall–Kier alpha value is -4.95. The lowest BCUT2D eigenvalue weighted by Crippen LogP contribution is -2.71. The zero-order valence-corrected chi connectivity index (χ0v) is 26.6. The molecule has 0 aliphatic carbocycles. The lowest BCUT2D eigenvalue weighted by Gasteiger charge is -2.49. The molecule has 20 heteroatoms. The second-order valence-corrected chi connectivity index (χ2v) is 13.2. The van der Waals surface area contributed by atoms with Gasteiger partial charge in [-0.3, -0.25) is 14.5 Å². The van der Waals surface area contributed by atoms with Gasteiger partial charge in [0.15, 0.2) is 10.8 Å². The molecule has 2 amide bonds. The van der Waals surface area contributed by atoms with Crippen molar-refractivity contribution < 1.29 is 38.8 Å². The van der Waals surface area contributed by atoms with Crippen molar-refractivity contribution in [2.75, 3.05) is 28.7 Å². The van der Waals surface area contributed by atoms with Gasteiger partial charge in [0.1, 0.15) is 22.8 Å². The Labute approximate surface area is 272 Å². The van der Waals surface area contributed by atoms with Gasteiger partial charge in [0, 0.05) is 16.9 Å². The highest BCUT2D eigenvalue weighted by Gasteiger charge is 2.54. The largest absolute Gasteiger partial charge is 0.478 e. The maximum Gasteiger partial charge on any atom is 0.354 e. The number of nitrogens with one attached hydrogen (secondary N) is 1. The summed E-state index contributed by atoms with van der Waals surface area (Å²) in [6.07, 6.45) is 0. The highest BCUT2D eigenvalue weighted by Crippen LogP contribution is 2.41. The van der Waals surface area contributed by atoms with Crippen molar-refractivity contribution in [2.24, 2.45) is 5.16 Å². The summed E-state index contributed by atoms with van der Waals surface area (Å²) in [5, 5.41) is 26.9. The Bertz CT molecular complexity index is 1800. The van der Waals surface area contributed by atoms with E-state index in [4.69, 9.17) is 22.0 Å². The summed E-state index contributed by atoms with van der Waals surface area (Å²) < 4.78 is 1.58. The first-order valence-electron chi connectivity index (χ1n) is 13.2. The number of aromatic nitrogens is 4. The van der Waals surface area contributed by atoms with Crippen LogP contribution in [-0.2, 0) is 24.0 Å². The summed E-state index contributed by atoms with van der Waals surface area (Å²) in [5.74, 6) is -3.83. The number of thioether (sulfide) groups is 2. The van der Waals surface area contributed by atoms with Crippen LogP contribution in [0.3, 0.4) is 0 Å². The second-order valence-electron chi connectivity index (χ2n) is 10.2. The van der Waals surface area contributed by atoms with E-state index in [1.165, 1.54) is 42.8 Å². The topological polar surface area (TPSA) is 266 Å². The number of para-hydroxylation sites is 1. The lowest BCUT2D eigenvalue weighted by atomic mass is 10.0. The van der Waals surface area contributed by atoms with Crippen molar-refractivity contribution in [3.63, 3.8) is 0 Å². The van der Waals surface area contributed by atoms with Gasteiger partial charge in [-0.2, -0.15) is 4.57 Å². The minimum Gasteiger partial charge on any atom is -0.478 e. The lowest BCUT2D eigenvalue weighted by molar-refractivity contribution is -0.628. The molecule has 9 N–H and O–H groups in total.